The Bertz CT molecular complexity index is 851. The van der Waals surface area contributed by atoms with Gasteiger partial charge in [-0.05, 0) is 36.8 Å². The van der Waals surface area contributed by atoms with E-state index in [1.807, 2.05) is 49.4 Å². The highest BCUT2D eigenvalue weighted by atomic mass is 16.5. The molecule has 1 aromatic heterocycles. The fourth-order valence-corrected chi connectivity index (χ4v) is 2.36. The average Bonchev–Trinajstić information content (AvgIpc) is 2.69. The molecule has 6 nitrogen and oxygen atoms in total. The Hall–Kier alpha value is -3.41. The Morgan fingerprint density at radius 3 is 2.54 bits per heavy atom. The van der Waals surface area contributed by atoms with Gasteiger partial charge in [-0.3, -0.25) is 4.79 Å². The molecule has 132 valence electrons. The number of anilines is 2. The molecule has 26 heavy (non-hydrogen) atoms. The molecule has 0 aliphatic heterocycles. The number of carbonyl (C=O) groups is 1. The molecule has 2 aromatic carbocycles. The maximum Gasteiger partial charge on any atom is 0.274 e. The smallest absolute Gasteiger partial charge is 0.274 e. The second kappa shape index (κ2) is 8.62. The van der Waals surface area contributed by atoms with E-state index in [4.69, 9.17) is 4.74 Å². The largest absolute Gasteiger partial charge is 0.494 e. The molecule has 0 aliphatic carbocycles. The van der Waals surface area contributed by atoms with Crippen molar-refractivity contribution in [1.29, 1.82) is 0 Å². The number of carbonyl (C=O) groups excluding carboxylic acids is 1. The van der Waals surface area contributed by atoms with Gasteiger partial charge in [-0.15, -0.1) is 0 Å². The fourth-order valence-electron chi connectivity index (χ4n) is 2.36. The SMILES string of the molecule is CCOc1ccc(NC(=O)c2cc(NCc3ccccc3)ncn2)cc1. The topological polar surface area (TPSA) is 76.1 Å². The summed E-state index contributed by atoms with van der Waals surface area (Å²) < 4.78 is 5.39. The molecule has 0 saturated heterocycles. The van der Waals surface area contributed by atoms with Crippen LogP contribution in [0.1, 0.15) is 23.0 Å². The van der Waals surface area contributed by atoms with Crippen LogP contribution in [0, 0.1) is 0 Å². The number of hydrogen-bond donors (Lipinski definition) is 2. The minimum Gasteiger partial charge on any atom is -0.494 e. The summed E-state index contributed by atoms with van der Waals surface area (Å²) in [4.78, 5) is 20.6. The molecule has 2 N–H and O–H groups in total. The van der Waals surface area contributed by atoms with Crippen LogP contribution in [-0.4, -0.2) is 22.5 Å². The molecule has 1 heterocycles. The second-order valence-corrected chi connectivity index (χ2v) is 5.54. The number of benzene rings is 2. The quantitative estimate of drug-likeness (QED) is 0.680. The molecule has 0 fully saturated rings. The van der Waals surface area contributed by atoms with Crippen molar-refractivity contribution in [3.8, 4) is 5.75 Å². The van der Waals surface area contributed by atoms with Gasteiger partial charge in [-0.25, -0.2) is 9.97 Å². The number of ether oxygens (including phenoxy) is 1. The number of rotatable bonds is 7. The van der Waals surface area contributed by atoms with E-state index in [-0.39, 0.29) is 5.91 Å². The lowest BCUT2D eigenvalue weighted by Crippen LogP contribution is -2.14. The van der Waals surface area contributed by atoms with Crippen molar-refractivity contribution >= 4 is 17.4 Å². The maximum atomic E-state index is 12.4. The minimum atomic E-state index is -0.292. The first-order valence-electron chi connectivity index (χ1n) is 8.38. The van der Waals surface area contributed by atoms with Gasteiger partial charge < -0.3 is 15.4 Å². The second-order valence-electron chi connectivity index (χ2n) is 5.54. The number of hydrogen-bond acceptors (Lipinski definition) is 5. The van der Waals surface area contributed by atoms with Crippen LogP contribution in [0.2, 0.25) is 0 Å². The molecule has 3 rings (SSSR count). The monoisotopic (exact) mass is 348 g/mol. The standard InChI is InChI=1S/C20H20N4O2/c1-2-26-17-10-8-16(9-11-17)24-20(25)18-12-19(23-14-22-18)21-13-15-6-4-3-5-7-15/h3-12,14H,2,13H2,1H3,(H,24,25)(H,21,22,23). The van der Waals surface area contributed by atoms with Gasteiger partial charge in [0.15, 0.2) is 0 Å². The van der Waals surface area contributed by atoms with Crippen LogP contribution in [-0.2, 0) is 6.54 Å². The summed E-state index contributed by atoms with van der Waals surface area (Å²) in [5, 5.41) is 6.01. The summed E-state index contributed by atoms with van der Waals surface area (Å²) in [6.07, 6.45) is 1.38. The molecular formula is C20H20N4O2. The van der Waals surface area contributed by atoms with E-state index in [0.717, 1.165) is 11.3 Å². The van der Waals surface area contributed by atoms with E-state index in [9.17, 15) is 4.79 Å². The van der Waals surface area contributed by atoms with Crippen molar-refractivity contribution in [2.24, 2.45) is 0 Å². The predicted octanol–water partition coefficient (Wildman–Crippen LogP) is 3.74. The minimum absolute atomic E-state index is 0.292. The van der Waals surface area contributed by atoms with Gasteiger partial charge in [0, 0.05) is 18.3 Å². The molecule has 3 aromatic rings. The Balaban J connectivity index is 1.62. The zero-order chi connectivity index (χ0) is 18.2. The fraction of sp³-hybridized carbons (Fsp3) is 0.150. The van der Waals surface area contributed by atoms with Crippen LogP contribution < -0.4 is 15.4 Å². The van der Waals surface area contributed by atoms with Crippen molar-refractivity contribution in [3.05, 3.63) is 78.2 Å². The third-order valence-corrected chi connectivity index (χ3v) is 3.64. The van der Waals surface area contributed by atoms with Crippen LogP contribution in [0.25, 0.3) is 0 Å². The molecule has 0 radical (unpaired) electrons. The predicted molar refractivity (Wildman–Crippen MR) is 101 cm³/mol. The van der Waals surface area contributed by atoms with Crippen LogP contribution >= 0.6 is 0 Å². The molecule has 6 heteroatoms. The van der Waals surface area contributed by atoms with Crippen molar-refractivity contribution < 1.29 is 9.53 Å². The summed E-state index contributed by atoms with van der Waals surface area (Å²) in [6, 6.07) is 18.8. The van der Waals surface area contributed by atoms with Crippen LogP contribution in [0.3, 0.4) is 0 Å². The zero-order valence-corrected chi connectivity index (χ0v) is 14.5. The molecular weight excluding hydrogens is 328 g/mol. The highest BCUT2D eigenvalue weighted by Crippen LogP contribution is 2.16. The summed E-state index contributed by atoms with van der Waals surface area (Å²) in [5.74, 6) is 1.07. The lowest BCUT2D eigenvalue weighted by atomic mass is 10.2. The first kappa shape index (κ1) is 17.4. The van der Waals surface area contributed by atoms with Gasteiger partial charge in [-0.2, -0.15) is 0 Å². The van der Waals surface area contributed by atoms with Crippen molar-refractivity contribution in [2.75, 3.05) is 17.2 Å². The highest BCUT2D eigenvalue weighted by Gasteiger charge is 2.09. The summed E-state index contributed by atoms with van der Waals surface area (Å²) in [6.45, 7) is 3.15. The number of nitrogens with zero attached hydrogens (tertiary/aromatic N) is 2. The molecule has 0 bridgehead atoms. The van der Waals surface area contributed by atoms with E-state index < -0.39 is 0 Å². The lowest BCUT2D eigenvalue weighted by Gasteiger charge is -2.08. The third-order valence-electron chi connectivity index (χ3n) is 3.64. The lowest BCUT2D eigenvalue weighted by molar-refractivity contribution is 0.102. The molecule has 0 aliphatic rings. The first-order chi connectivity index (χ1) is 12.7. The van der Waals surface area contributed by atoms with Crippen LogP contribution in [0.5, 0.6) is 5.75 Å². The normalized spacial score (nSPS) is 10.2. The van der Waals surface area contributed by atoms with Crippen molar-refractivity contribution in [2.45, 2.75) is 13.5 Å². The van der Waals surface area contributed by atoms with E-state index in [1.165, 1.54) is 6.33 Å². The van der Waals surface area contributed by atoms with Crippen molar-refractivity contribution in [1.82, 2.24) is 9.97 Å². The zero-order valence-electron chi connectivity index (χ0n) is 14.5. The average molecular weight is 348 g/mol. The molecule has 0 atom stereocenters. The van der Waals surface area contributed by atoms with Gasteiger partial charge in [-0.1, -0.05) is 30.3 Å². The molecule has 0 unspecified atom stereocenters. The third kappa shape index (κ3) is 4.80. The Morgan fingerprint density at radius 2 is 1.81 bits per heavy atom. The molecule has 0 spiro atoms. The van der Waals surface area contributed by atoms with E-state index in [2.05, 4.69) is 20.6 Å². The molecule has 1 amide bonds. The van der Waals surface area contributed by atoms with Crippen LogP contribution in [0.4, 0.5) is 11.5 Å². The van der Waals surface area contributed by atoms with Gasteiger partial charge in [0.05, 0.1) is 6.61 Å². The van der Waals surface area contributed by atoms with Gasteiger partial charge in [0.1, 0.15) is 23.6 Å². The summed E-state index contributed by atoms with van der Waals surface area (Å²) in [7, 11) is 0. The maximum absolute atomic E-state index is 12.4. The Morgan fingerprint density at radius 1 is 1.04 bits per heavy atom. The Labute approximate surface area is 152 Å². The van der Waals surface area contributed by atoms with Crippen molar-refractivity contribution in [3.63, 3.8) is 0 Å². The number of amides is 1. The van der Waals surface area contributed by atoms with Gasteiger partial charge >= 0.3 is 0 Å². The molecule has 0 saturated carbocycles. The Kier molecular flexibility index (Phi) is 5.77. The van der Waals surface area contributed by atoms with E-state index in [0.29, 0.717) is 30.4 Å². The summed E-state index contributed by atoms with van der Waals surface area (Å²) >= 11 is 0. The highest BCUT2D eigenvalue weighted by molar-refractivity contribution is 6.03. The summed E-state index contributed by atoms with van der Waals surface area (Å²) in [5.41, 5.74) is 2.10. The van der Waals surface area contributed by atoms with Crippen LogP contribution in [0.15, 0.2) is 67.0 Å². The van der Waals surface area contributed by atoms with E-state index in [1.54, 1.807) is 18.2 Å². The van der Waals surface area contributed by atoms with Gasteiger partial charge in [0.2, 0.25) is 0 Å². The number of aromatic nitrogens is 2. The van der Waals surface area contributed by atoms with E-state index >= 15 is 0 Å². The number of nitrogens with one attached hydrogen (secondary N) is 2. The first-order valence-corrected chi connectivity index (χ1v) is 8.38. The van der Waals surface area contributed by atoms with Gasteiger partial charge in [0.25, 0.3) is 5.91 Å².